The van der Waals surface area contributed by atoms with Gasteiger partial charge in [0.2, 0.25) is 0 Å². The normalized spacial score (nSPS) is 26.4. The van der Waals surface area contributed by atoms with Crippen LogP contribution in [0.1, 0.15) is 46.5 Å². The molecule has 4 nitrogen and oxygen atoms in total. The zero-order valence-corrected chi connectivity index (χ0v) is 13.1. The lowest BCUT2D eigenvalue weighted by atomic mass is 9.75. The molecule has 1 heterocycles. The van der Waals surface area contributed by atoms with Crippen LogP contribution in [0.4, 0.5) is 0 Å². The fraction of sp³-hybridized carbons (Fsp3) is 0.647. The predicted molar refractivity (Wildman–Crippen MR) is 79.5 cm³/mol. The molecule has 0 saturated carbocycles. The van der Waals surface area contributed by atoms with E-state index in [4.69, 9.17) is 9.47 Å². The first-order valence-corrected chi connectivity index (χ1v) is 7.61. The molecule has 3 unspecified atom stereocenters. The molecule has 2 rings (SSSR count). The lowest BCUT2D eigenvalue weighted by Gasteiger charge is -2.30. The highest BCUT2D eigenvalue weighted by molar-refractivity contribution is 5.91. The molecular formula is C17H24O4. The maximum absolute atomic E-state index is 11.6. The van der Waals surface area contributed by atoms with Crippen molar-refractivity contribution in [2.45, 2.75) is 52.6 Å². The minimum Gasteiger partial charge on any atom is -0.466 e. The van der Waals surface area contributed by atoms with Crippen LogP contribution in [0.25, 0.3) is 0 Å². The number of fused-ring (bicyclic) bond motifs is 1. The van der Waals surface area contributed by atoms with Gasteiger partial charge in [0, 0.05) is 24.8 Å². The third-order valence-corrected chi connectivity index (χ3v) is 4.59. The Bertz CT molecular complexity index is 489. The smallest absolute Gasteiger partial charge is 0.334 e. The van der Waals surface area contributed by atoms with Crippen molar-refractivity contribution in [1.82, 2.24) is 0 Å². The molecule has 1 aliphatic heterocycles. The van der Waals surface area contributed by atoms with Crippen LogP contribution in [0.5, 0.6) is 0 Å². The van der Waals surface area contributed by atoms with Crippen LogP contribution < -0.4 is 0 Å². The Morgan fingerprint density at radius 1 is 1.48 bits per heavy atom. The maximum atomic E-state index is 11.6. The fourth-order valence-electron chi connectivity index (χ4n) is 3.36. The number of allylic oxidation sites excluding steroid dienone is 1. The third kappa shape index (κ3) is 3.55. The van der Waals surface area contributed by atoms with Crippen LogP contribution in [-0.2, 0) is 19.1 Å². The van der Waals surface area contributed by atoms with Crippen molar-refractivity contribution in [2.24, 2.45) is 11.8 Å². The lowest BCUT2D eigenvalue weighted by Crippen LogP contribution is -2.25. The van der Waals surface area contributed by atoms with Crippen molar-refractivity contribution in [2.75, 3.05) is 6.61 Å². The van der Waals surface area contributed by atoms with E-state index in [2.05, 4.69) is 20.4 Å². The van der Waals surface area contributed by atoms with Crippen LogP contribution >= 0.6 is 0 Å². The summed E-state index contributed by atoms with van der Waals surface area (Å²) in [6, 6.07) is 0. The van der Waals surface area contributed by atoms with Gasteiger partial charge in [-0.05, 0) is 32.1 Å². The number of hydrogen-bond acceptors (Lipinski definition) is 4. The summed E-state index contributed by atoms with van der Waals surface area (Å²) in [5.74, 6) is 0.121. The Morgan fingerprint density at radius 2 is 2.19 bits per heavy atom. The highest BCUT2D eigenvalue weighted by Gasteiger charge is 2.42. The lowest BCUT2D eigenvalue weighted by molar-refractivity contribution is -0.141. The van der Waals surface area contributed by atoms with Crippen LogP contribution in [0, 0.1) is 11.8 Å². The monoisotopic (exact) mass is 292 g/mol. The van der Waals surface area contributed by atoms with Crippen molar-refractivity contribution in [3.05, 3.63) is 23.3 Å². The van der Waals surface area contributed by atoms with Gasteiger partial charge in [-0.25, -0.2) is 4.79 Å². The first kappa shape index (κ1) is 15.8. The Morgan fingerprint density at radius 3 is 2.86 bits per heavy atom. The zero-order valence-electron chi connectivity index (χ0n) is 13.1. The van der Waals surface area contributed by atoms with Gasteiger partial charge in [-0.15, -0.1) is 0 Å². The SMILES string of the molecule is C=C1C(=O)OC2CC(C)=C(C(C)CCCOC(C)=O)CC12. The van der Waals surface area contributed by atoms with Crippen LogP contribution in [0.2, 0.25) is 0 Å². The third-order valence-electron chi connectivity index (χ3n) is 4.59. The molecule has 0 radical (unpaired) electrons. The van der Waals surface area contributed by atoms with E-state index in [0.29, 0.717) is 18.1 Å². The molecule has 116 valence electrons. The van der Waals surface area contributed by atoms with E-state index in [0.717, 1.165) is 25.7 Å². The average molecular weight is 292 g/mol. The summed E-state index contributed by atoms with van der Waals surface area (Å²) in [5.41, 5.74) is 3.37. The summed E-state index contributed by atoms with van der Waals surface area (Å²) in [5, 5.41) is 0. The van der Waals surface area contributed by atoms with Crippen molar-refractivity contribution in [1.29, 1.82) is 0 Å². The molecule has 0 amide bonds. The van der Waals surface area contributed by atoms with Crippen LogP contribution in [0.15, 0.2) is 23.3 Å². The molecule has 0 aromatic heterocycles. The highest BCUT2D eigenvalue weighted by Crippen LogP contribution is 2.43. The second kappa shape index (κ2) is 6.46. The Labute approximate surface area is 126 Å². The van der Waals surface area contributed by atoms with Gasteiger partial charge in [0.05, 0.1) is 6.61 Å². The van der Waals surface area contributed by atoms with Gasteiger partial charge in [0.15, 0.2) is 0 Å². The average Bonchev–Trinajstić information content (AvgIpc) is 2.68. The van der Waals surface area contributed by atoms with Gasteiger partial charge in [0.1, 0.15) is 6.10 Å². The predicted octanol–water partition coefficient (Wildman–Crippen LogP) is 3.17. The largest absolute Gasteiger partial charge is 0.466 e. The summed E-state index contributed by atoms with van der Waals surface area (Å²) in [6.45, 7) is 10.1. The van der Waals surface area contributed by atoms with Gasteiger partial charge in [-0.1, -0.05) is 24.6 Å². The number of carbonyl (C=O) groups is 2. The summed E-state index contributed by atoms with van der Waals surface area (Å²) in [4.78, 5) is 22.4. The summed E-state index contributed by atoms with van der Waals surface area (Å²) < 4.78 is 10.3. The molecule has 0 aromatic carbocycles. The van der Waals surface area contributed by atoms with Crippen LogP contribution in [-0.4, -0.2) is 24.6 Å². The van der Waals surface area contributed by atoms with Gasteiger partial charge < -0.3 is 9.47 Å². The van der Waals surface area contributed by atoms with E-state index in [-0.39, 0.29) is 24.0 Å². The molecule has 4 heteroatoms. The second-order valence-corrected chi connectivity index (χ2v) is 6.17. The fourth-order valence-corrected chi connectivity index (χ4v) is 3.36. The molecule has 0 bridgehead atoms. The zero-order chi connectivity index (χ0) is 15.6. The molecule has 0 aromatic rings. The number of esters is 2. The summed E-state index contributed by atoms with van der Waals surface area (Å²) in [6.07, 6.45) is 3.53. The molecule has 1 saturated heterocycles. The first-order valence-electron chi connectivity index (χ1n) is 7.61. The number of rotatable bonds is 5. The maximum Gasteiger partial charge on any atom is 0.334 e. The molecule has 3 atom stereocenters. The standard InChI is InChI=1S/C17H24O4/c1-10(6-5-7-20-13(4)18)14-9-15-12(3)17(19)21-16(15)8-11(14)2/h10,15-16H,3,5-9H2,1-2,4H3. The first-order chi connectivity index (χ1) is 9.90. The number of ether oxygens (including phenoxy) is 2. The van der Waals surface area contributed by atoms with E-state index in [9.17, 15) is 9.59 Å². The van der Waals surface area contributed by atoms with Crippen molar-refractivity contribution < 1.29 is 19.1 Å². The van der Waals surface area contributed by atoms with Gasteiger partial charge >= 0.3 is 11.9 Å². The minimum atomic E-state index is -0.235. The van der Waals surface area contributed by atoms with E-state index >= 15 is 0 Å². The molecule has 2 aliphatic rings. The van der Waals surface area contributed by atoms with Crippen LogP contribution in [0.3, 0.4) is 0 Å². The topological polar surface area (TPSA) is 52.6 Å². The highest BCUT2D eigenvalue weighted by atomic mass is 16.6. The van der Waals surface area contributed by atoms with E-state index in [1.807, 2.05) is 0 Å². The van der Waals surface area contributed by atoms with Gasteiger partial charge in [-0.3, -0.25) is 4.79 Å². The van der Waals surface area contributed by atoms with Crippen molar-refractivity contribution in [3.63, 3.8) is 0 Å². The Balaban J connectivity index is 1.93. The van der Waals surface area contributed by atoms with Crippen molar-refractivity contribution >= 4 is 11.9 Å². The molecule has 0 spiro atoms. The number of hydrogen-bond donors (Lipinski definition) is 0. The van der Waals surface area contributed by atoms with Gasteiger partial charge in [0.25, 0.3) is 0 Å². The molecule has 0 N–H and O–H groups in total. The minimum absolute atomic E-state index is 0.0120. The second-order valence-electron chi connectivity index (χ2n) is 6.17. The summed E-state index contributed by atoms with van der Waals surface area (Å²) >= 11 is 0. The molecular weight excluding hydrogens is 268 g/mol. The van der Waals surface area contributed by atoms with E-state index < -0.39 is 0 Å². The van der Waals surface area contributed by atoms with Crippen molar-refractivity contribution in [3.8, 4) is 0 Å². The number of carbonyl (C=O) groups excluding carboxylic acids is 2. The van der Waals surface area contributed by atoms with E-state index in [1.165, 1.54) is 18.1 Å². The molecule has 21 heavy (non-hydrogen) atoms. The quantitative estimate of drug-likeness (QED) is 0.338. The molecule has 1 aliphatic carbocycles. The van der Waals surface area contributed by atoms with Gasteiger partial charge in [-0.2, -0.15) is 0 Å². The molecule has 1 fully saturated rings. The Kier molecular flexibility index (Phi) is 4.86. The summed E-state index contributed by atoms with van der Waals surface area (Å²) in [7, 11) is 0. The van der Waals surface area contributed by atoms with E-state index in [1.54, 1.807) is 0 Å². The Hall–Kier alpha value is -1.58.